The fraction of sp³-hybridized carbons (Fsp3) is 0.333. The number of hydrogen-bond acceptors (Lipinski definition) is 6. The second kappa shape index (κ2) is 9.32. The van der Waals surface area contributed by atoms with Crippen molar-refractivity contribution in [2.45, 2.75) is 33.2 Å². The molecule has 0 aliphatic carbocycles. The second-order valence-electron chi connectivity index (χ2n) is 7.86. The van der Waals surface area contributed by atoms with Gasteiger partial charge in [0.2, 0.25) is 11.8 Å². The molecule has 0 aliphatic heterocycles. The zero-order valence-corrected chi connectivity index (χ0v) is 19.5. The monoisotopic (exact) mass is 448 g/mol. The van der Waals surface area contributed by atoms with Crippen molar-refractivity contribution in [3.63, 3.8) is 0 Å². The minimum absolute atomic E-state index is 0.0361. The molecule has 3 heterocycles. The first-order valence-electron chi connectivity index (χ1n) is 10.7. The lowest BCUT2D eigenvalue weighted by molar-refractivity contribution is -0.121. The number of carbonyl (C=O) groups is 1. The quantitative estimate of drug-likeness (QED) is 0.445. The van der Waals surface area contributed by atoms with E-state index in [9.17, 15) is 4.79 Å². The third kappa shape index (κ3) is 4.52. The molecule has 0 bridgehead atoms. The van der Waals surface area contributed by atoms with Gasteiger partial charge < -0.3 is 14.8 Å². The van der Waals surface area contributed by atoms with Crippen molar-refractivity contribution >= 4 is 16.9 Å². The predicted molar refractivity (Wildman–Crippen MR) is 125 cm³/mol. The zero-order chi connectivity index (χ0) is 23.5. The number of aromatic nitrogens is 5. The Morgan fingerprint density at radius 3 is 2.52 bits per heavy atom. The van der Waals surface area contributed by atoms with Crippen molar-refractivity contribution < 1.29 is 14.3 Å². The van der Waals surface area contributed by atoms with Crippen LogP contribution in [0.15, 0.2) is 36.5 Å². The van der Waals surface area contributed by atoms with Crippen LogP contribution in [0.4, 0.5) is 0 Å². The fourth-order valence-corrected chi connectivity index (χ4v) is 3.96. The van der Waals surface area contributed by atoms with E-state index < -0.39 is 0 Å². The van der Waals surface area contributed by atoms with Crippen LogP contribution in [0, 0.1) is 13.8 Å². The van der Waals surface area contributed by atoms with Crippen LogP contribution in [0.1, 0.15) is 28.9 Å². The van der Waals surface area contributed by atoms with Gasteiger partial charge in [-0.3, -0.25) is 4.79 Å². The van der Waals surface area contributed by atoms with Crippen LogP contribution >= 0.6 is 0 Å². The summed E-state index contributed by atoms with van der Waals surface area (Å²) in [7, 11) is 5.08. The molecule has 9 nitrogen and oxygen atoms in total. The van der Waals surface area contributed by atoms with Gasteiger partial charge in [0, 0.05) is 25.4 Å². The number of nitrogens with one attached hydrogen (secondary N) is 1. The molecule has 0 saturated carbocycles. The molecule has 0 unspecified atom stereocenters. The topological polar surface area (TPSA) is 96.1 Å². The van der Waals surface area contributed by atoms with Crippen molar-refractivity contribution in [2.24, 2.45) is 7.05 Å². The summed E-state index contributed by atoms with van der Waals surface area (Å²) in [5.41, 5.74) is 5.49. The summed E-state index contributed by atoms with van der Waals surface area (Å²) in [6.45, 7) is 4.36. The molecule has 0 spiro atoms. The van der Waals surface area contributed by atoms with Gasteiger partial charge in [-0.25, -0.2) is 14.3 Å². The molecule has 1 N–H and O–H groups in total. The first-order chi connectivity index (χ1) is 15.9. The Kier molecular flexibility index (Phi) is 6.30. The predicted octanol–water partition coefficient (Wildman–Crippen LogP) is 3.04. The maximum atomic E-state index is 12.5. The van der Waals surface area contributed by atoms with Gasteiger partial charge in [0.25, 0.3) is 0 Å². The van der Waals surface area contributed by atoms with Gasteiger partial charge in [-0.15, -0.1) is 5.10 Å². The molecule has 1 aromatic carbocycles. The first kappa shape index (κ1) is 22.3. The second-order valence-corrected chi connectivity index (χ2v) is 7.86. The number of rotatable bonds is 8. The number of fused-ring (bicyclic) bond motifs is 1. The molecule has 0 radical (unpaired) electrons. The van der Waals surface area contributed by atoms with Crippen LogP contribution in [-0.2, 0) is 24.8 Å². The minimum Gasteiger partial charge on any atom is -0.497 e. The van der Waals surface area contributed by atoms with Gasteiger partial charge in [0.05, 0.1) is 37.5 Å². The lowest BCUT2D eigenvalue weighted by Gasteiger charge is -2.11. The maximum absolute atomic E-state index is 12.5. The minimum atomic E-state index is -0.0361. The largest absolute Gasteiger partial charge is 0.497 e. The van der Waals surface area contributed by atoms with Crippen molar-refractivity contribution in [2.75, 3.05) is 14.2 Å². The van der Waals surface area contributed by atoms with E-state index in [2.05, 4.69) is 20.5 Å². The lowest BCUT2D eigenvalue weighted by Crippen LogP contribution is -2.23. The Labute approximate surface area is 192 Å². The summed E-state index contributed by atoms with van der Waals surface area (Å²) in [6, 6.07) is 9.53. The van der Waals surface area contributed by atoms with Crippen LogP contribution in [-0.4, -0.2) is 44.7 Å². The van der Waals surface area contributed by atoms with E-state index in [1.807, 2.05) is 57.4 Å². The van der Waals surface area contributed by atoms with Gasteiger partial charge in [0.15, 0.2) is 5.65 Å². The average molecular weight is 449 g/mol. The first-order valence-corrected chi connectivity index (χ1v) is 10.7. The number of benzene rings is 1. The highest BCUT2D eigenvalue weighted by Gasteiger charge is 2.18. The summed E-state index contributed by atoms with van der Waals surface area (Å²) < 4.78 is 14.1. The SMILES string of the molecule is COc1ccc(-n2ccc(CNC(=O)CCc3c(C)nc4c(c(OC)nn4C)c3C)n2)cc1. The Morgan fingerprint density at radius 2 is 1.82 bits per heavy atom. The summed E-state index contributed by atoms with van der Waals surface area (Å²) >= 11 is 0. The third-order valence-electron chi connectivity index (χ3n) is 5.77. The summed E-state index contributed by atoms with van der Waals surface area (Å²) in [5, 5.41) is 12.8. The van der Waals surface area contributed by atoms with Crippen LogP contribution in [0.5, 0.6) is 11.6 Å². The van der Waals surface area contributed by atoms with E-state index in [1.165, 1.54) is 0 Å². The summed E-state index contributed by atoms with van der Waals surface area (Å²) in [5.74, 6) is 1.31. The molecule has 33 heavy (non-hydrogen) atoms. The molecule has 4 rings (SSSR count). The summed E-state index contributed by atoms with van der Waals surface area (Å²) in [4.78, 5) is 17.2. The van der Waals surface area contributed by atoms with E-state index in [0.29, 0.717) is 25.3 Å². The van der Waals surface area contributed by atoms with Crippen molar-refractivity contribution in [3.05, 3.63) is 59.0 Å². The van der Waals surface area contributed by atoms with Crippen molar-refractivity contribution in [1.29, 1.82) is 0 Å². The Hall–Kier alpha value is -3.88. The molecule has 0 aliphatic rings. The zero-order valence-electron chi connectivity index (χ0n) is 19.5. The fourth-order valence-electron chi connectivity index (χ4n) is 3.96. The van der Waals surface area contributed by atoms with Gasteiger partial charge in [-0.2, -0.15) is 5.10 Å². The third-order valence-corrected chi connectivity index (χ3v) is 5.77. The molecule has 0 saturated heterocycles. The molecular formula is C24H28N6O3. The normalized spacial score (nSPS) is 11.1. The molecular weight excluding hydrogens is 420 g/mol. The average Bonchev–Trinajstić information content (AvgIpc) is 3.42. The van der Waals surface area contributed by atoms with Crippen LogP contribution < -0.4 is 14.8 Å². The highest BCUT2D eigenvalue weighted by atomic mass is 16.5. The maximum Gasteiger partial charge on any atom is 0.242 e. The summed E-state index contributed by atoms with van der Waals surface area (Å²) in [6.07, 6.45) is 2.82. The Morgan fingerprint density at radius 1 is 1.06 bits per heavy atom. The molecule has 0 atom stereocenters. The molecule has 1 amide bonds. The molecule has 3 aromatic heterocycles. The van der Waals surface area contributed by atoms with Gasteiger partial charge in [-0.05, 0) is 61.7 Å². The molecule has 4 aromatic rings. The number of hydrogen-bond donors (Lipinski definition) is 1. The molecule has 172 valence electrons. The van der Waals surface area contributed by atoms with Gasteiger partial charge >= 0.3 is 0 Å². The number of carbonyl (C=O) groups excluding carboxylic acids is 1. The van der Waals surface area contributed by atoms with E-state index >= 15 is 0 Å². The number of methoxy groups -OCH3 is 2. The Balaban J connectivity index is 1.38. The number of pyridine rings is 1. The number of aryl methyl sites for hydroxylation is 3. The highest BCUT2D eigenvalue weighted by molar-refractivity contribution is 5.86. The van der Waals surface area contributed by atoms with E-state index in [0.717, 1.165) is 45.0 Å². The number of ether oxygens (including phenoxy) is 2. The van der Waals surface area contributed by atoms with E-state index in [4.69, 9.17) is 9.47 Å². The van der Waals surface area contributed by atoms with E-state index in [-0.39, 0.29) is 5.91 Å². The number of nitrogens with zero attached hydrogens (tertiary/aromatic N) is 5. The Bertz CT molecular complexity index is 1290. The smallest absolute Gasteiger partial charge is 0.242 e. The standard InChI is InChI=1S/C24H28N6O3/c1-15-20(16(2)26-23-22(15)24(33-5)28-29(23)3)10-11-21(31)25-14-17-12-13-30(27-17)18-6-8-19(32-4)9-7-18/h6-9,12-13H,10-11,14H2,1-5H3,(H,25,31). The number of amides is 1. The highest BCUT2D eigenvalue weighted by Crippen LogP contribution is 2.30. The van der Waals surface area contributed by atoms with Crippen LogP contribution in [0.3, 0.4) is 0 Å². The van der Waals surface area contributed by atoms with Crippen molar-refractivity contribution in [1.82, 2.24) is 29.9 Å². The van der Waals surface area contributed by atoms with Crippen LogP contribution in [0.2, 0.25) is 0 Å². The molecule has 0 fully saturated rings. The van der Waals surface area contributed by atoms with E-state index in [1.54, 1.807) is 23.6 Å². The molecule has 9 heteroatoms. The lowest BCUT2D eigenvalue weighted by atomic mass is 10.00. The van der Waals surface area contributed by atoms with Crippen molar-refractivity contribution in [3.8, 4) is 17.3 Å². The van der Waals surface area contributed by atoms with Crippen LogP contribution in [0.25, 0.3) is 16.7 Å². The van der Waals surface area contributed by atoms with Gasteiger partial charge in [0.1, 0.15) is 5.75 Å². The van der Waals surface area contributed by atoms with Gasteiger partial charge in [-0.1, -0.05) is 0 Å².